The molecule has 0 unspecified atom stereocenters. The lowest BCUT2D eigenvalue weighted by Gasteiger charge is -2.20. The minimum Gasteiger partial charge on any atom is -0.346 e. The Balaban J connectivity index is 2.00. The highest BCUT2D eigenvalue weighted by Gasteiger charge is 2.18. The Labute approximate surface area is 157 Å². The minimum atomic E-state index is -0.389. The average Bonchev–Trinajstić information content (AvgIpc) is 2.63. The maximum absolute atomic E-state index is 13.1. The van der Waals surface area contributed by atoms with Crippen LogP contribution in [0.15, 0.2) is 60.7 Å². The van der Waals surface area contributed by atoms with Gasteiger partial charge in [0.1, 0.15) is 17.3 Å². The van der Waals surface area contributed by atoms with Gasteiger partial charge in [-0.05, 0) is 45.0 Å². The van der Waals surface area contributed by atoms with Crippen molar-refractivity contribution in [3.05, 3.63) is 72.2 Å². The second-order valence-corrected chi connectivity index (χ2v) is 7.16. The summed E-state index contributed by atoms with van der Waals surface area (Å²) in [5.41, 5.74) is 1.32. The van der Waals surface area contributed by atoms with E-state index in [4.69, 9.17) is 0 Å². The first-order valence-corrected chi connectivity index (χ1v) is 8.60. The molecule has 0 fully saturated rings. The van der Waals surface area contributed by atoms with Gasteiger partial charge in [-0.1, -0.05) is 30.3 Å². The van der Waals surface area contributed by atoms with E-state index in [2.05, 4.69) is 20.6 Å². The summed E-state index contributed by atoms with van der Waals surface area (Å²) in [7, 11) is 0. The molecular weight excluding hydrogens is 343 g/mol. The summed E-state index contributed by atoms with van der Waals surface area (Å²) in [5.74, 6) is 0.277. The van der Waals surface area contributed by atoms with Crippen LogP contribution in [0.4, 0.5) is 15.9 Å². The van der Waals surface area contributed by atoms with Gasteiger partial charge in [-0.15, -0.1) is 0 Å². The lowest BCUT2D eigenvalue weighted by atomic mass is 10.1. The van der Waals surface area contributed by atoms with Gasteiger partial charge in [0.15, 0.2) is 5.82 Å². The Bertz CT molecular complexity index is 935. The summed E-state index contributed by atoms with van der Waals surface area (Å²) in [5, 5.41) is 6.01. The first-order valence-electron chi connectivity index (χ1n) is 8.60. The molecule has 6 heteroatoms. The van der Waals surface area contributed by atoms with E-state index in [-0.39, 0.29) is 23.0 Å². The van der Waals surface area contributed by atoms with E-state index < -0.39 is 0 Å². The predicted molar refractivity (Wildman–Crippen MR) is 104 cm³/mol. The van der Waals surface area contributed by atoms with Crippen molar-refractivity contribution in [2.24, 2.45) is 0 Å². The fourth-order valence-corrected chi connectivity index (χ4v) is 2.43. The molecule has 2 N–H and O–H groups in total. The molecule has 0 radical (unpaired) electrons. The molecule has 1 heterocycles. The van der Waals surface area contributed by atoms with Crippen molar-refractivity contribution in [1.29, 1.82) is 0 Å². The fourth-order valence-electron chi connectivity index (χ4n) is 2.43. The van der Waals surface area contributed by atoms with E-state index in [0.717, 1.165) is 5.56 Å². The Kier molecular flexibility index (Phi) is 5.16. The van der Waals surface area contributed by atoms with Gasteiger partial charge in [-0.3, -0.25) is 4.79 Å². The van der Waals surface area contributed by atoms with Crippen LogP contribution in [0.5, 0.6) is 0 Å². The van der Waals surface area contributed by atoms with E-state index in [9.17, 15) is 9.18 Å². The van der Waals surface area contributed by atoms with E-state index in [1.807, 2.05) is 51.1 Å². The number of rotatable bonds is 4. The largest absolute Gasteiger partial charge is 0.346 e. The third-order valence-electron chi connectivity index (χ3n) is 3.60. The molecule has 0 spiro atoms. The van der Waals surface area contributed by atoms with Crippen LogP contribution < -0.4 is 10.6 Å². The topological polar surface area (TPSA) is 66.9 Å². The molecule has 2 aromatic carbocycles. The van der Waals surface area contributed by atoms with E-state index in [1.54, 1.807) is 18.2 Å². The van der Waals surface area contributed by atoms with Crippen molar-refractivity contribution in [3.8, 4) is 11.4 Å². The molecule has 27 heavy (non-hydrogen) atoms. The van der Waals surface area contributed by atoms with Gasteiger partial charge < -0.3 is 10.6 Å². The van der Waals surface area contributed by atoms with Crippen molar-refractivity contribution in [2.45, 2.75) is 26.3 Å². The van der Waals surface area contributed by atoms with Crippen LogP contribution in [0, 0.1) is 5.82 Å². The van der Waals surface area contributed by atoms with Crippen molar-refractivity contribution in [1.82, 2.24) is 15.3 Å². The molecule has 0 bridgehead atoms. The van der Waals surface area contributed by atoms with E-state index in [1.165, 1.54) is 12.1 Å². The number of aromatic nitrogens is 2. The number of carbonyl (C=O) groups excluding carboxylic acids is 1. The average molecular weight is 364 g/mol. The number of nitrogens with one attached hydrogen (secondary N) is 2. The maximum Gasteiger partial charge on any atom is 0.270 e. The second-order valence-electron chi connectivity index (χ2n) is 7.16. The quantitative estimate of drug-likeness (QED) is 0.712. The molecule has 0 saturated heterocycles. The predicted octanol–water partition coefficient (Wildman–Crippen LogP) is 4.55. The van der Waals surface area contributed by atoms with Gasteiger partial charge >= 0.3 is 0 Å². The molecule has 0 aliphatic carbocycles. The summed E-state index contributed by atoms with van der Waals surface area (Å²) >= 11 is 0. The molecule has 0 aliphatic rings. The van der Waals surface area contributed by atoms with Crippen LogP contribution in [0.3, 0.4) is 0 Å². The molecule has 3 rings (SSSR count). The standard InChI is InChI=1S/C21H21FN4O/c1-21(2,3)26-20(27)17-13-18(23-16-11-9-15(22)10-12-16)25-19(24-17)14-7-5-4-6-8-14/h4-13H,1-3H3,(H,26,27)(H,23,24,25). The van der Waals surface area contributed by atoms with Crippen molar-refractivity contribution < 1.29 is 9.18 Å². The monoisotopic (exact) mass is 364 g/mol. The molecule has 0 atom stereocenters. The molecule has 138 valence electrons. The van der Waals surface area contributed by atoms with Crippen LogP contribution in [-0.2, 0) is 0 Å². The van der Waals surface area contributed by atoms with Gasteiger partial charge in [0.05, 0.1) is 0 Å². The zero-order valence-electron chi connectivity index (χ0n) is 15.5. The number of hydrogen-bond donors (Lipinski definition) is 2. The molecule has 0 aliphatic heterocycles. The Morgan fingerprint density at radius 1 is 0.963 bits per heavy atom. The molecular formula is C21H21FN4O. The normalized spacial score (nSPS) is 11.1. The van der Waals surface area contributed by atoms with Crippen molar-refractivity contribution >= 4 is 17.4 Å². The molecule has 0 saturated carbocycles. The second kappa shape index (κ2) is 7.53. The fraction of sp³-hybridized carbons (Fsp3) is 0.190. The van der Waals surface area contributed by atoms with Gasteiger partial charge in [0.25, 0.3) is 5.91 Å². The zero-order chi connectivity index (χ0) is 19.4. The number of halogens is 1. The summed E-state index contributed by atoms with van der Waals surface area (Å²) in [6.07, 6.45) is 0. The van der Waals surface area contributed by atoms with E-state index in [0.29, 0.717) is 17.3 Å². The third kappa shape index (κ3) is 5.10. The van der Waals surface area contributed by atoms with Crippen LogP contribution in [0.2, 0.25) is 0 Å². The van der Waals surface area contributed by atoms with Gasteiger partial charge in [0.2, 0.25) is 0 Å². The maximum atomic E-state index is 13.1. The highest BCUT2D eigenvalue weighted by molar-refractivity contribution is 5.94. The van der Waals surface area contributed by atoms with Gasteiger partial charge in [-0.25, -0.2) is 14.4 Å². The molecule has 3 aromatic rings. The molecule has 1 aromatic heterocycles. The summed E-state index contributed by atoms with van der Waals surface area (Å²) in [6.45, 7) is 5.71. The number of benzene rings is 2. The first-order chi connectivity index (χ1) is 12.8. The number of nitrogens with zero attached hydrogens (tertiary/aromatic N) is 2. The Hall–Kier alpha value is -3.28. The number of hydrogen-bond acceptors (Lipinski definition) is 4. The SMILES string of the molecule is CC(C)(C)NC(=O)c1cc(Nc2ccc(F)cc2)nc(-c2ccccc2)n1. The Morgan fingerprint density at radius 2 is 1.63 bits per heavy atom. The highest BCUT2D eigenvalue weighted by atomic mass is 19.1. The van der Waals surface area contributed by atoms with Crippen LogP contribution in [0.25, 0.3) is 11.4 Å². The van der Waals surface area contributed by atoms with Crippen LogP contribution in [0.1, 0.15) is 31.3 Å². The van der Waals surface area contributed by atoms with Crippen molar-refractivity contribution in [2.75, 3.05) is 5.32 Å². The minimum absolute atomic E-state index is 0.253. The first kappa shape index (κ1) is 18.5. The molecule has 1 amide bonds. The van der Waals surface area contributed by atoms with Crippen LogP contribution in [-0.4, -0.2) is 21.4 Å². The zero-order valence-corrected chi connectivity index (χ0v) is 15.5. The summed E-state index contributed by atoms with van der Waals surface area (Å²) in [6, 6.07) is 16.9. The highest BCUT2D eigenvalue weighted by Crippen LogP contribution is 2.21. The number of amides is 1. The lowest BCUT2D eigenvalue weighted by molar-refractivity contribution is 0.0914. The lowest BCUT2D eigenvalue weighted by Crippen LogP contribution is -2.41. The van der Waals surface area contributed by atoms with Gasteiger partial charge in [0, 0.05) is 22.9 Å². The number of anilines is 2. The smallest absolute Gasteiger partial charge is 0.270 e. The van der Waals surface area contributed by atoms with Crippen LogP contribution >= 0.6 is 0 Å². The Morgan fingerprint density at radius 3 is 2.26 bits per heavy atom. The van der Waals surface area contributed by atoms with Crippen molar-refractivity contribution in [3.63, 3.8) is 0 Å². The van der Waals surface area contributed by atoms with E-state index >= 15 is 0 Å². The summed E-state index contributed by atoms with van der Waals surface area (Å²) in [4.78, 5) is 21.5. The van der Waals surface area contributed by atoms with Gasteiger partial charge in [-0.2, -0.15) is 0 Å². The number of carbonyl (C=O) groups is 1. The summed E-state index contributed by atoms with van der Waals surface area (Å²) < 4.78 is 13.1. The third-order valence-corrected chi connectivity index (χ3v) is 3.60. The molecule has 5 nitrogen and oxygen atoms in total.